The summed E-state index contributed by atoms with van der Waals surface area (Å²) < 4.78 is 24.8. The molecule has 0 saturated heterocycles. The third-order valence-corrected chi connectivity index (χ3v) is 5.79. The van der Waals surface area contributed by atoms with Gasteiger partial charge in [-0.05, 0) is 67.9 Å². The molecule has 0 atom stereocenters. The van der Waals surface area contributed by atoms with E-state index in [0.29, 0.717) is 27.5 Å². The van der Waals surface area contributed by atoms with Gasteiger partial charge in [0.25, 0.3) is 15.9 Å². The fourth-order valence-electron chi connectivity index (χ4n) is 2.59. The van der Waals surface area contributed by atoms with Crippen LogP contribution in [0.5, 0.6) is 0 Å². The fourth-order valence-corrected chi connectivity index (χ4v) is 3.57. The normalized spacial score (nSPS) is 11.8. The molecule has 8 heteroatoms. The lowest BCUT2D eigenvalue weighted by atomic mass is 10.1. The molecule has 154 valence electrons. The zero-order valence-electron chi connectivity index (χ0n) is 16.4. The molecule has 0 aliphatic carbocycles. The van der Waals surface area contributed by atoms with Gasteiger partial charge in [0, 0.05) is 16.3 Å². The fraction of sp³-hybridized carbons (Fsp3) is 0.0909. The molecule has 0 aliphatic heterocycles. The highest BCUT2D eigenvalue weighted by atomic mass is 35.5. The minimum absolute atomic E-state index is 0.133. The van der Waals surface area contributed by atoms with Crippen LogP contribution in [0.3, 0.4) is 0 Å². The molecule has 3 aromatic rings. The van der Waals surface area contributed by atoms with E-state index in [1.165, 1.54) is 12.1 Å². The highest BCUT2D eigenvalue weighted by molar-refractivity contribution is 7.89. The number of sulfonamides is 1. The molecule has 1 amide bonds. The number of hydrogen-bond acceptors (Lipinski definition) is 4. The number of nitrogens with one attached hydrogen (secondary N) is 2. The zero-order chi connectivity index (χ0) is 21.7. The molecular formula is C22H20ClN3O3S. The number of aryl methyl sites for hydroxylation is 1. The first-order valence-corrected chi connectivity index (χ1v) is 10.9. The molecule has 0 saturated carbocycles. The molecule has 0 aliphatic rings. The van der Waals surface area contributed by atoms with Crippen LogP contribution in [-0.4, -0.2) is 20.0 Å². The number of nitrogens with zero attached hydrogens (tertiary/aromatic N) is 1. The molecule has 0 spiro atoms. The number of carbonyl (C=O) groups excluding carboxylic acids is 1. The number of rotatable bonds is 6. The van der Waals surface area contributed by atoms with Gasteiger partial charge in [0.2, 0.25) is 0 Å². The van der Waals surface area contributed by atoms with Crippen LogP contribution in [0.4, 0.5) is 5.69 Å². The Morgan fingerprint density at radius 1 is 0.933 bits per heavy atom. The largest absolute Gasteiger partial charge is 0.322 e. The highest BCUT2D eigenvalue weighted by Gasteiger charge is 2.13. The van der Waals surface area contributed by atoms with Crippen LogP contribution in [0.25, 0.3) is 0 Å². The molecule has 0 unspecified atom stereocenters. The average Bonchev–Trinajstić information content (AvgIpc) is 2.73. The van der Waals surface area contributed by atoms with Gasteiger partial charge in [-0.3, -0.25) is 4.79 Å². The van der Waals surface area contributed by atoms with Crippen LogP contribution in [0, 0.1) is 6.92 Å². The third-order valence-electron chi connectivity index (χ3n) is 4.31. The number of hydrogen-bond donors (Lipinski definition) is 2. The van der Waals surface area contributed by atoms with Crippen LogP contribution in [0.15, 0.2) is 82.8 Å². The molecule has 0 bridgehead atoms. The summed E-state index contributed by atoms with van der Waals surface area (Å²) in [5.41, 5.74) is 3.11. The van der Waals surface area contributed by atoms with Crippen molar-refractivity contribution in [3.8, 4) is 0 Å². The zero-order valence-corrected chi connectivity index (χ0v) is 18.0. The Bertz CT molecular complexity index is 1190. The summed E-state index contributed by atoms with van der Waals surface area (Å²) >= 11 is 5.85. The Morgan fingerprint density at radius 3 is 2.27 bits per heavy atom. The first-order chi connectivity index (χ1) is 14.2. The second-order valence-corrected chi connectivity index (χ2v) is 8.74. The first-order valence-electron chi connectivity index (χ1n) is 9.05. The van der Waals surface area contributed by atoms with Gasteiger partial charge in [0.1, 0.15) is 0 Å². The first kappa shape index (κ1) is 21.5. The number of halogens is 1. The molecule has 30 heavy (non-hydrogen) atoms. The van der Waals surface area contributed by atoms with Gasteiger partial charge in [-0.2, -0.15) is 18.4 Å². The number of hydrazone groups is 1. The second-order valence-electron chi connectivity index (χ2n) is 6.65. The van der Waals surface area contributed by atoms with Crippen molar-refractivity contribution in [2.45, 2.75) is 18.7 Å². The van der Waals surface area contributed by atoms with Gasteiger partial charge in [-0.15, -0.1) is 0 Å². The molecular weight excluding hydrogens is 422 g/mol. The summed E-state index contributed by atoms with van der Waals surface area (Å²) in [6.45, 7) is 3.56. The van der Waals surface area contributed by atoms with Gasteiger partial charge in [0.15, 0.2) is 0 Å². The quantitative estimate of drug-likeness (QED) is 0.432. The lowest BCUT2D eigenvalue weighted by Crippen LogP contribution is -2.20. The van der Waals surface area contributed by atoms with E-state index in [0.717, 1.165) is 5.56 Å². The van der Waals surface area contributed by atoms with Crippen molar-refractivity contribution in [3.05, 3.63) is 94.5 Å². The summed E-state index contributed by atoms with van der Waals surface area (Å²) in [5.74, 6) is -0.279. The van der Waals surface area contributed by atoms with Gasteiger partial charge in [-0.25, -0.2) is 0 Å². The van der Waals surface area contributed by atoms with E-state index in [2.05, 4.69) is 15.2 Å². The molecule has 0 heterocycles. The summed E-state index contributed by atoms with van der Waals surface area (Å²) in [6.07, 6.45) is 0. The van der Waals surface area contributed by atoms with Crippen LogP contribution in [0.1, 0.15) is 28.4 Å². The maximum Gasteiger partial charge on any atom is 0.276 e. The predicted molar refractivity (Wildman–Crippen MR) is 120 cm³/mol. The van der Waals surface area contributed by atoms with E-state index in [1.807, 2.05) is 6.92 Å². The van der Waals surface area contributed by atoms with Crippen LogP contribution >= 0.6 is 11.6 Å². The van der Waals surface area contributed by atoms with E-state index in [9.17, 15) is 13.2 Å². The van der Waals surface area contributed by atoms with E-state index < -0.39 is 10.0 Å². The minimum Gasteiger partial charge on any atom is -0.322 e. The molecule has 6 nitrogen and oxygen atoms in total. The van der Waals surface area contributed by atoms with Crippen molar-refractivity contribution in [2.24, 2.45) is 5.10 Å². The Kier molecular flexibility index (Phi) is 6.54. The third kappa shape index (κ3) is 5.46. The van der Waals surface area contributed by atoms with E-state index in [-0.39, 0.29) is 10.8 Å². The molecule has 3 aromatic carbocycles. The molecule has 0 radical (unpaired) electrons. The maximum absolute atomic E-state index is 12.4. The summed E-state index contributed by atoms with van der Waals surface area (Å²) in [7, 11) is -3.77. The molecule has 0 fully saturated rings. The van der Waals surface area contributed by atoms with Crippen molar-refractivity contribution >= 4 is 38.9 Å². The van der Waals surface area contributed by atoms with Crippen molar-refractivity contribution in [1.29, 1.82) is 0 Å². The molecule has 3 rings (SSSR count). The Balaban J connectivity index is 1.73. The van der Waals surface area contributed by atoms with E-state index in [4.69, 9.17) is 11.6 Å². The summed E-state index contributed by atoms with van der Waals surface area (Å²) in [4.78, 5) is 14.7. The van der Waals surface area contributed by atoms with Crippen molar-refractivity contribution in [2.75, 3.05) is 5.32 Å². The Labute approximate surface area is 180 Å². The predicted octanol–water partition coefficient (Wildman–Crippen LogP) is 4.60. The average molecular weight is 442 g/mol. The topological polar surface area (TPSA) is 87.6 Å². The number of anilines is 1. The number of amides is 1. The van der Waals surface area contributed by atoms with Gasteiger partial charge >= 0.3 is 0 Å². The second kappa shape index (κ2) is 9.11. The lowest BCUT2D eigenvalue weighted by molar-refractivity contribution is 0.102. The van der Waals surface area contributed by atoms with Crippen molar-refractivity contribution in [1.82, 2.24) is 4.83 Å². The van der Waals surface area contributed by atoms with Gasteiger partial charge < -0.3 is 5.32 Å². The van der Waals surface area contributed by atoms with Crippen LogP contribution in [-0.2, 0) is 10.0 Å². The monoisotopic (exact) mass is 441 g/mol. The van der Waals surface area contributed by atoms with E-state index >= 15 is 0 Å². The van der Waals surface area contributed by atoms with Gasteiger partial charge in [0.05, 0.1) is 10.6 Å². The Morgan fingerprint density at radius 2 is 1.60 bits per heavy atom. The van der Waals surface area contributed by atoms with Gasteiger partial charge in [-0.1, -0.05) is 41.4 Å². The SMILES string of the molecule is CC(=NNS(=O)(=O)c1ccc(C)cc1)c1cccc(NC(=O)c2ccc(Cl)cc2)c1. The van der Waals surface area contributed by atoms with E-state index in [1.54, 1.807) is 67.6 Å². The van der Waals surface area contributed by atoms with Crippen molar-refractivity contribution < 1.29 is 13.2 Å². The standard InChI is InChI=1S/C22H20ClN3O3S/c1-15-6-12-21(13-7-15)30(28,29)26-25-16(2)18-4-3-5-20(14-18)24-22(27)17-8-10-19(23)11-9-17/h3-14,26H,1-2H3,(H,24,27). The summed E-state index contributed by atoms with van der Waals surface area (Å²) in [6, 6.07) is 20.0. The molecule has 0 aromatic heterocycles. The van der Waals surface area contributed by atoms with Crippen LogP contribution in [0.2, 0.25) is 5.02 Å². The maximum atomic E-state index is 12.4. The smallest absolute Gasteiger partial charge is 0.276 e. The highest BCUT2D eigenvalue weighted by Crippen LogP contribution is 2.15. The molecule has 2 N–H and O–H groups in total. The van der Waals surface area contributed by atoms with Crippen molar-refractivity contribution in [3.63, 3.8) is 0 Å². The number of benzene rings is 3. The van der Waals surface area contributed by atoms with Crippen LogP contribution < -0.4 is 10.1 Å². The number of carbonyl (C=O) groups is 1. The lowest BCUT2D eigenvalue weighted by Gasteiger charge is -2.09. The Hall–Kier alpha value is -3.16. The minimum atomic E-state index is -3.77. The summed E-state index contributed by atoms with van der Waals surface area (Å²) in [5, 5.41) is 7.35.